The van der Waals surface area contributed by atoms with Crippen LogP contribution in [0.1, 0.15) is 74.8 Å². The highest BCUT2D eigenvalue weighted by molar-refractivity contribution is 5.79. The summed E-state index contributed by atoms with van der Waals surface area (Å²) in [5, 5.41) is 11.2. The summed E-state index contributed by atoms with van der Waals surface area (Å²) in [6.07, 6.45) is 6.77. The van der Waals surface area contributed by atoms with Crippen molar-refractivity contribution in [3.05, 3.63) is 59.7 Å². The van der Waals surface area contributed by atoms with E-state index in [-0.39, 0.29) is 30.8 Å². The van der Waals surface area contributed by atoms with Crippen LogP contribution in [0.4, 0.5) is 9.18 Å². The predicted octanol–water partition coefficient (Wildman–Crippen LogP) is 6.21. The van der Waals surface area contributed by atoms with E-state index in [1.807, 2.05) is 17.0 Å². The Morgan fingerprint density at radius 3 is 2.18 bits per heavy atom. The quantitative estimate of drug-likeness (QED) is 0.509. The topological polar surface area (TPSA) is 49.8 Å². The summed E-state index contributed by atoms with van der Waals surface area (Å²) in [5.74, 6) is 0.0541. The molecule has 2 unspecified atom stereocenters. The van der Waals surface area contributed by atoms with E-state index in [2.05, 4.69) is 36.4 Å². The number of aliphatic hydroxyl groups is 1. The summed E-state index contributed by atoms with van der Waals surface area (Å²) >= 11 is 0. The highest BCUT2D eigenvalue weighted by atomic mass is 19.1. The van der Waals surface area contributed by atoms with Crippen LogP contribution in [0.3, 0.4) is 0 Å². The number of ether oxygens (including phenoxy) is 1. The summed E-state index contributed by atoms with van der Waals surface area (Å²) in [5.41, 5.74) is 4.14. The molecule has 2 aromatic rings. The molecule has 0 saturated carbocycles. The minimum atomic E-state index is -0.744. The number of benzene rings is 2. The number of unbranched alkanes of at least 4 members (excludes halogenated alkanes) is 2. The number of amides is 1. The highest BCUT2D eigenvalue weighted by Gasteiger charge is 2.47. The van der Waals surface area contributed by atoms with E-state index in [1.165, 1.54) is 22.3 Å². The second-order valence-corrected chi connectivity index (χ2v) is 10.1. The van der Waals surface area contributed by atoms with Gasteiger partial charge in [0.1, 0.15) is 6.61 Å². The van der Waals surface area contributed by atoms with E-state index < -0.39 is 5.60 Å². The van der Waals surface area contributed by atoms with Crippen molar-refractivity contribution in [2.45, 2.75) is 81.4 Å². The van der Waals surface area contributed by atoms with E-state index in [0.717, 1.165) is 32.1 Å². The normalized spacial score (nSPS) is 26.1. The van der Waals surface area contributed by atoms with Crippen LogP contribution in [-0.2, 0) is 4.74 Å². The standard InChI is InChI=1S/C28H34FNO3/c29-16-7-1-6-15-28(32)17-20-9-8-10-21(18-28)30(20)27(31)33-19-26-24-13-4-2-11-22(24)23-12-3-5-14-25(23)26/h2-5,11-14,20-21,26,32H,1,6-10,15-19H2. The maximum absolute atomic E-state index is 13.3. The largest absolute Gasteiger partial charge is 0.448 e. The molecule has 33 heavy (non-hydrogen) atoms. The molecular formula is C28H34FNO3. The number of fused-ring (bicyclic) bond motifs is 5. The fraction of sp³-hybridized carbons (Fsp3) is 0.536. The van der Waals surface area contributed by atoms with Crippen LogP contribution in [-0.4, -0.2) is 47.1 Å². The Morgan fingerprint density at radius 2 is 1.58 bits per heavy atom. The minimum absolute atomic E-state index is 0.0272. The summed E-state index contributed by atoms with van der Waals surface area (Å²) in [6.45, 7) is 0.0372. The first-order valence-corrected chi connectivity index (χ1v) is 12.5. The molecule has 2 atom stereocenters. The lowest BCUT2D eigenvalue weighted by atomic mass is 9.73. The van der Waals surface area contributed by atoms with Crippen molar-refractivity contribution in [2.75, 3.05) is 13.3 Å². The van der Waals surface area contributed by atoms with E-state index >= 15 is 0 Å². The second-order valence-electron chi connectivity index (χ2n) is 10.1. The summed E-state index contributed by atoms with van der Waals surface area (Å²) < 4.78 is 18.4. The third-order valence-electron chi connectivity index (χ3n) is 7.92. The molecule has 2 fully saturated rings. The molecule has 2 saturated heterocycles. The lowest BCUT2D eigenvalue weighted by molar-refractivity contribution is -0.0894. The van der Waals surface area contributed by atoms with Gasteiger partial charge in [-0.3, -0.25) is 4.39 Å². The molecule has 0 radical (unpaired) electrons. The van der Waals surface area contributed by atoms with Gasteiger partial charge >= 0.3 is 6.09 Å². The lowest BCUT2D eigenvalue weighted by Crippen LogP contribution is -2.60. The maximum atomic E-state index is 13.3. The number of carbonyl (C=O) groups is 1. The van der Waals surface area contributed by atoms with Crippen LogP contribution >= 0.6 is 0 Å². The van der Waals surface area contributed by atoms with Gasteiger partial charge in [0.25, 0.3) is 0 Å². The van der Waals surface area contributed by atoms with Gasteiger partial charge < -0.3 is 14.7 Å². The van der Waals surface area contributed by atoms with Crippen LogP contribution in [0.2, 0.25) is 0 Å². The molecule has 5 heteroatoms. The molecule has 2 aromatic carbocycles. The molecule has 3 aliphatic rings. The molecule has 1 amide bonds. The third kappa shape index (κ3) is 4.40. The smallest absolute Gasteiger partial charge is 0.410 e. The Bertz CT molecular complexity index is 933. The average molecular weight is 452 g/mol. The molecule has 5 rings (SSSR count). The third-order valence-corrected chi connectivity index (χ3v) is 7.92. The molecule has 176 valence electrons. The molecule has 4 nitrogen and oxygen atoms in total. The fourth-order valence-electron chi connectivity index (χ4n) is 6.42. The van der Waals surface area contributed by atoms with Crippen molar-refractivity contribution in [3.8, 4) is 11.1 Å². The maximum Gasteiger partial charge on any atom is 0.410 e. The molecular weight excluding hydrogens is 417 g/mol. The van der Waals surface area contributed by atoms with Gasteiger partial charge in [-0.2, -0.15) is 0 Å². The molecule has 2 aliphatic heterocycles. The Balaban J connectivity index is 1.26. The van der Waals surface area contributed by atoms with E-state index in [0.29, 0.717) is 32.3 Å². The monoisotopic (exact) mass is 451 g/mol. The SMILES string of the molecule is O=C(OCC1c2ccccc2-c2ccccc21)N1C2CCCC1CC(O)(CCCCCF)C2. The fourth-order valence-corrected chi connectivity index (χ4v) is 6.42. The molecule has 0 spiro atoms. The first kappa shape index (κ1) is 22.4. The Labute approximate surface area is 195 Å². The minimum Gasteiger partial charge on any atom is -0.448 e. The number of halogens is 1. The van der Waals surface area contributed by atoms with Crippen molar-refractivity contribution < 1.29 is 19.0 Å². The van der Waals surface area contributed by atoms with Crippen molar-refractivity contribution in [1.29, 1.82) is 0 Å². The van der Waals surface area contributed by atoms with Gasteiger partial charge in [-0.1, -0.05) is 61.4 Å². The van der Waals surface area contributed by atoms with Gasteiger partial charge in [0.2, 0.25) is 0 Å². The molecule has 1 N–H and O–H groups in total. The van der Waals surface area contributed by atoms with Gasteiger partial charge in [-0.15, -0.1) is 0 Å². The number of hydrogen-bond donors (Lipinski definition) is 1. The molecule has 2 heterocycles. The number of rotatable bonds is 7. The zero-order valence-electron chi connectivity index (χ0n) is 19.2. The van der Waals surface area contributed by atoms with Crippen LogP contribution in [0, 0.1) is 0 Å². The van der Waals surface area contributed by atoms with Gasteiger partial charge in [-0.05, 0) is 67.2 Å². The number of carbonyl (C=O) groups excluding carboxylic acids is 1. The summed E-state index contributed by atoms with van der Waals surface area (Å²) in [4.78, 5) is 15.2. The van der Waals surface area contributed by atoms with Gasteiger partial charge in [0.15, 0.2) is 0 Å². The van der Waals surface area contributed by atoms with Crippen molar-refractivity contribution in [1.82, 2.24) is 4.90 Å². The van der Waals surface area contributed by atoms with Crippen LogP contribution in [0.25, 0.3) is 11.1 Å². The average Bonchev–Trinajstić information content (AvgIpc) is 3.14. The highest BCUT2D eigenvalue weighted by Crippen LogP contribution is 2.45. The Morgan fingerprint density at radius 1 is 0.970 bits per heavy atom. The number of nitrogens with zero attached hydrogens (tertiary/aromatic N) is 1. The first-order valence-electron chi connectivity index (χ1n) is 12.5. The van der Waals surface area contributed by atoms with E-state index in [4.69, 9.17) is 4.74 Å². The molecule has 2 bridgehead atoms. The Hall–Kier alpha value is -2.40. The summed E-state index contributed by atoms with van der Waals surface area (Å²) in [7, 11) is 0. The van der Waals surface area contributed by atoms with Gasteiger partial charge in [-0.25, -0.2) is 4.79 Å². The van der Waals surface area contributed by atoms with Crippen molar-refractivity contribution >= 4 is 6.09 Å². The predicted molar refractivity (Wildman–Crippen MR) is 127 cm³/mol. The van der Waals surface area contributed by atoms with Crippen molar-refractivity contribution in [2.24, 2.45) is 0 Å². The van der Waals surface area contributed by atoms with E-state index in [9.17, 15) is 14.3 Å². The second kappa shape index (κ2) is 9.46. The number of hydrogen-bond acceptors (Lipinski definition) is 3. The zero-order chi connectivity index (χ0) is 22.8. The lowest BCUT2D eigenvalue weighted by Gasteiger charge is -2.51. The number of alkyl halides is 1. The zero-order valence-corrected chi connectivity index (χ0v) is 19.2. The van der Waals surface area contributed by atoms with Crippen molar-refractivity contribution in [3.63, 3.8) is 0 Å². The van der Waals surface area contributed by atoms with Crippen LogP contribution in [0.5, 0.6) is 0 Å². The number of piperidine rings is 2. The van der Waals surface area contributed by atoms with E-state index in [1.54, 1.807) is 0 Å². The molecule has 0 aromatic heterocycles. The first-order chi connectivity index (χ1) is 16.1. The van der Waals surface area contributed by atoms with Crippen LogP contribution in [0.15, 0.2) is 48.5 Å². The van der Waals surface area contributed by atoms with Gasteiger partial charge in [0, 0.05) is 18.0 Å². The molecule has 1 aliphatic carbocycles. The van der Waals surface area contributed by atoms with Crippen LogP contribution < -0.4 is 0 Å². The summed E-state index contributed by atoms with van der Waals surface area (Å²) in [6, 6.07) is 16.8. The van der Waals surface area contributed by atoms with Gasteiger partial charge in [0.05, 0.1) is 12.3 Å². The Kier molecular flexibility index (Phi) is 6.42.